The lowest BCUT2D eigenvalue weighted by molar-refractivity contribution is 0.396. The van der Waals surface area contributed by atoms with E-state index in [2.05, 4.69) is 20.9 Å². The monoisotopic (exact) mass is 227 g/mol. The molecule has 2 nitrogen and oxygen atoms in total. The van der Waals surface area contributed by atoms with Crippen LogP contribution in [0.4, 0.5) is 0 Å². The highest BCUT2D eigenvalue weighted by atomic mass is 79.9. The summed E-state index contributed by atoms with van der Waals surface area (Å²) >= 11 is 3.46. The molecular formula is C9H10BrNO. The quantitative estimate of drug-likeness (QED) is 0.741. The first-order valence-electron chi connectivity index (χ1n) is 4.07. The third kappa shape index (κ3) is 2.05. The molecule has 1 aliphatic rings. The number of epoxide rings is 1. The molecule has 0 saturated carbocycles. The van der Waals surface area contributed by atoms with Gasteiger partial charge in [0.25, 0.3) is 0 Å². The summed E-state index contributed by atoms with van der Waals surface area (Å²) in [4.78, 5) is 4.28. The topological polar surface area (TPSA) is 25.4 Å². The zero-order valence-electron chi connectivity index (χ0n) is 6.66. The average Bonchev–Trinajstić information content (AvgIpc) is 2.86. The van der Waals surface area contributed by atoms with Gasteiger partial charge in [-0.15, -0.1) is 0 Å². The van der Waals surface area contributed by atoms with E-state index in [0.29, 0.717) is 6.10 Å². The number of pyridine rings is 1. The SMILES string of the molecule is Brc1cccnc1CCC1CO1. The number of aryl methyl sites for hydroxylation is 1. The van der Waals surface area contributed by atoms with Gasteiger partial charge < -0.3 is 4.74 Å². The minimum absolute atomic E-state index is 0.499. The molecule has 0 bridgehead atoms. The van der Waals surface area contributed by atoms with E-state index < -0.39 is 0 Å². The summed E-state index contributed by atoms with van der Waals surface area (Å²) in [6.07, 6.45) is 4.43. The molecule has 0 spiro atoms. The van der Waals surface area contributed by atoms with Crippen LogP contribution in [-0.4, -0.2) is 17.7 Å². The van der Waals surface area contributed by atoms with Crippen LogP contribution in [0.15, 0.2) is 22.8 Å². The Labute approximate surface area is 80.1 Å². The maximum absolute atomic E-state index is 5.13. The van der Waals surface area contributed by atoms with Gasteiger partial charge >= 0.3 is 0 Å². The van der Waals surface area contributed by atoms with E-state index in [9.17, 15) is 0 Å². The number of rotatable bonds is 3. The lowest BCUT2D eigenvalue weighted by atomic mass is 10.2. The minimum atomic E-state index is 0.499. The predicted molar refractivity (Wildman–Crippen MR) is 50.0 cm³/mol. The maximum Gasteiger partial charge on any atom is 0.0813 e. The third-order valence-electron chi connectivity index (χ3n) is 1.94. The molecule has 0 radical (unpaired) electrons. The van der Waals surface area contributed by atoms with Crippen molar-refractivity contribution in [1.29, 1.82) is 0 Å². The summed E-state index contributed by atoms with van der Waals surface area (Å²) in [5.41, 5.74) is 1.13. The Morgan fingerprint density at radius 1 is 1.67 bits per heavy atom. The number of halogens is 1. The van der Waals surface area contributed by atoms with Crippen molar-refractivity contribution in [3.63, 3.8) is 0 Å². The van der Waals surface area contributed by atoms with Gasteiger partial charge in [0, 0.05) is 10.7 Å². The van der Waals surface area contributed by atoms with E-state index in [4.69, 9.17) is 4.74 Å². The molecule has 1 saturated heterocycles. The Kier molecular flexibility index (Phi) is 2.42. The van der Waals surface area contributed by atoms with Gasteiger partial charge in [0.05, 0.1) is 18.4 Å². The third-order valence-corrected chi connectivity index (χ3v) is 2.66. The molecule has 1 atom stereocenters. The van der Waals surface area contributed by atoms with E-state index >= 15 is 0 Å². The largest absolute Gasteiger partial charge is 0.373 e. The lowest BCUT2D eigenvalue weighted by Crippen LogP contribution is -1.94. The van der Waals surface area contributed by atoms with Crippen molar-refractivity contribution in [3.05, 3.63) is 28.5 Å². The first-order chi connectivity index (χ1) is 5.86. The number of hydrogen-bond acceptors (Lipinski definition) is 2. The van der Waals surface area contributed by atoms with E-state index in [0.717, 1.165) is 29.6 Å². The van der Waals surface area contributed by atoms with E-state index in [1.165, 1.54) is 0 Å². The van der Waals surface area contributed by atoms with Crippen molar-refractivity contribution >= 4 is 15.9 Å². The van der Waals surface area contributed by atoms with Gasteiger partial charge in [0.15, 0.2) is 0 Å². The van der Waals surface area contributed by atoms with Gasteiger partial charge in [-0.3, -0.25) is 4.98 Å². The Hall–Kier alpha value is -0.410. The zero-order valence-corrected chi connectivity index (χ0v) is 8.25. The maximum atomic E-state index is 5.13. The van der Waals surface area contributed by atoms with Crippen LogP contribution >= 0.6 is 15.9 Å². The van der Waals surface area contributed by atoms with Crippen LogP contribution < -0.4 is 0 Å². The van der Waals surface area contributed by atoms with Crippen molar-refractivity contribution in [3.8, 4) is 0 Å². The fourth-order valence-electron chi connectivity index (χ4n) is 1.13. The van der Waals surface area contributed by atoms with Crippen LogP contribution in [0, 0.1) is 0 Å². The highest BCUT2D eigenvalue weighted by Crippen LogP contribution is 2.20. The van der Waals surface area contributed by atoms with Crippen molar-refractivity contribution in [2.24, 2.45) is 0 Å². The summed E-state index contributed by atoms with van der Waals surface area (Å²) in [6, 6.07) is 3.96. The van der Waals surface area contributed by atoms with Gasteiger partial charge in [0.2, 0.25) is 0 Å². The fourth-order valence-corrected chi connectivity index (χ4v) is 1.59. The highest BCUT2D eigenvalue weighted by molar-refractivity contribution is 9.10. The molecule has 2 heterocycles. The molecule has 1 aliphatic heterocycles. The second-order valence-electron chi connectivity index (χ2n) is 2.93. The van der Waals surface area contributed by atoms with Gasteiger partial charge in [-0.1, -0.05) is 0 Å². The van der Waals surface area contributed by atoms with Gasteiger partial charge in [-0.25, -0.2) is 0 Å². The number of nitrogens with zero attached hydrogens (tertiary/aromatic N) is 1. The highest BCUT2D eigenvalue weighted by Gasteiger charge is 2.22. The molecule has 0 amide bonds. The predicted octanol–water partition coefficient (Wildman–Crippen LogP) is 2.18. The van der Waals surface area contributed by atoms with Crippen LogP contribution in [0.25, 0.3) is 0 Å². The van der Waals surface area contributed by atoms with E-state index in [1.807, 2.05) is 18.3 Å². The molecule has 1 fully saturated rings. The Morgan fingerprint density at radius 2 is 2.50 bits per heavy atom. The van der Waals surface area contributed by atoms with Crippen LogP contribution in [-0.2, 0) is 11.2 Å². The Bertz CT molecular complexity index is 273. The van der Waals surface area contributed by atoms with Crippen molar-refractivity contribution in [2.45, 2.75) is 18.9 Å². The summed E-state index contributed by atoms with van der Waals surface area (Å²) in [6.45, 7) is 0.935. The molecule has 0 aromatic carbocycles. The first-order valence-corrected chi connectivity index (χ1v) is 4.86. The van der Waals surface area contributed by atoms with Gasteiger partial charge in [0.1, 0.15) is 0 Å². The number of hydrogen-bond donors (Lipinski definition) is 0. The van der Waals surface area contributed by atoms with Crippen LogP contribution in [0.3, 0.4) is 0 Å². The van der Waals surface area contributed by atoms with Crippen molar-refractivity contribution in [2.75, 3.05) is 6.61 Å². The number of ether oxygens (including phenoxy) is 1. The summed E-state index contributed by atoms with van der Waals surface area (Å²) in [5.74, 6) is 0. The van der Waals surface area contributed by atoms with Crippen LogP contribution in [0.1, 0.15) is 12.1 Å². The van der Waals surface area contributed by atoms with E-state index in [1.54, 1.807) is 0 Å². The zero-order chi connectivity index (χ0) is 8.39. The van der Waals surface area contributed by atoms with E-state index in [-0.39, 0.29) is 0 Å². The van der Waals surface area contributed by atoms with Gasteiger partial charge in [-0.2, -0.15) is 0 Å². The smallest absolute Gasteiger partial charge is 0.0813 e. The molecule has 2 rings (SSSR count). The Morgan fingerprint density at radius 3 is 3.17 bits per heavy atom. The standard InChI is InChI=1S/C9H10BrNO/c10-8-2-1-5-11-9(8)4-3-7-6-12-7/h1-2,5,7H,3-4,6H2. The minimum Gasteiger partial charge on any atom is -0.373 e. The van der Waals surface area contributed by atoms with Crippen molar-refractivity contribution in [1.82, 2.24) is 4.98 Å². The molecule has 1 unspecified atom stereocenters. The normalized spacial score (nSPS) is 20.9. The van der Waals surface area contributed by atoms with Crippen molar-refractivity contribution < 1.29 is 4.74 Å². The molecule has 3 heteroatoms. The molecular weight excluding hydrogens is 218 g/mol. The second kappa shape index (κ2) is 3.54. The fraction of sp³-hybridized carbons (Fsp3) is 0.444. The Balaban J connectivity index is 1.96. The summed E-state index contributed by atoms with van der Waals surface area (Å²) in [7, 11) is 0. The molecule has 64 valence electrons. The van der Waals surface area contributed by atoms with Crippen LogP contribution in [0.5, 0.6) is 0 Å². The molecule has 1 aromatic heterocycles. The molecule has 1 aromatic rings. The molecule has 0 aliphatic carbocycles. The first kappa shape index (κ1) is 8.20. The van der Waals surface area contributed by atoms with Gasteiger partial charge in [-0.05, 0) is 40.9 Å². The molecule has 12 heavy (non-hydrogen) atoms. The second-order valence-corrected chi connectivity index (χ2v) is 3.78. The van der Waals surface area contributed by atoms with Crippen LogP contribution in [0.2, 0.25) is 0 Å². The summed E-state index contributed by atoms with van der Waals surface area (Å²) < 4.78 is 6.23. The lowest BCUT2D eigenvalue weighted by Gasteiger charge is -1.99. The summed E-state index contributed by atoms with van der Waals surface area (Å²) in [5, 5.41) is 0. The number of aromatic nitrogens is 1. The average molecular weight is 228 g/mol. The molecule has 0 N–H and O–H groups in total.